The van der Waals surface area contributed by atoms with Crippen molar-refractivity contribution in [3.05, 3.63) is 27.0 Å². The largest absolute Gasteiger partial charge is 0.355 e. The average Bonchev–Trinajstić information content (AvgIpc) is 2.23. The number of carbonyl (C=O) groups is 1. The van der Waals surface area contributed by atoms with Crippen molar-refractivity contribution in [1.82, 2.24) is 20.0 Å². The van der Waals surface area contributed by atoms with Gasteiger partial charge in [-0.05, 0) is 0 Å². The molecule has 1 aromatic rings. The second-order valence-electron chi connectivity index (χ2n) is 3.32. The molecule has 0 spiro atoms. The molecule has 0 unspecified atom stereocenters. The Morgan fingerprint density at radius 3 is 2.56 bits per heavy atom. The number of hydrogen-bond acceptors (Lipinski definition) is 5. The summed E-state index contributed by atoms with van der Waals surface area (Å²) in [7, 11) is -4.02. The molecule has 1 heterocycles. The van der Waals surface area contributed by atoms with E-state index in [0.29, 0.717) is 0 Å². The molecular weight excluding hydrogens is 264 g/mol. The summed E-state index contributed by atoms with van der Waals surface area (Å²) in [6, 6.07) is 0. The van der Waals surface area contributed by atoms with Crippen LogP contribution >= 0.6 is 0 Å². The van der Waals surface area contributed by atoms with Crippen molar-refractivity contribution < 1.29 is 13.2 Å². The number of amides is 1. The Hall–Kier alpha value is -1.94. The molecule has 0 aliphatic carbocycles. The van der Waals surface area contributed by atoms with Gasteiger partial charge in [0.2, 0.25) is 15.9 Å². The molecule has 0 saturated carbocycles. The van der Waals surface area contributed by atoms with Crippen LogP contribution in [0.4, 0.5) is 0 Å². The van der Waals surface area contributed by atoms with Crippen molar-refractivity contribution in [3.8, 4) is 0 Å². The van der Waals surface area contributed by atoms with Gasteiger partial charge in [-0.25, -0.2) is 17.9 Å². The van der Waals surface area contributed by atoms with E-state index in [1.807, 2.05) is 0 Å². The van der Waals surface area contributed by atoms with Crippen LogP contribution in [0.3, 0.4) is 0 Å². The minimum absolute atomic E-state index is 0.0690. The average molecular weight is 276 g/mol. The first-order chi connectivity index (χ1) is 8.33. The molecule has 0 aliphatic heterocycles. The number of nitrogens with one attached hydrogen (secondary N) is 4. The topological polar surface area (TPSA) is 141 Å². The highest BCUT2D eigenvalue weighted by molar-refractivity contribution is 7.89. The van der Waals surface area contributed by atoms with Crippen LogP contribution < -0.4 is 21.3 Å². The summed E-state index contributed by atoms with van der Waals surface area (Å²) in [5, 5.41) is 2.38. The van der Waals surface area contributed by atoms with Crippen LogP contribution in [-0.2, 0) is 14.8 Å². The van der Waals surface area contributed by atoms with Crippen LogP contribution in [0.25, 0.3) is 0 Å². The Bertz CT molecular complexity index is 644. The number of aromatic nitrogens is 2. The highest BCUT2D eigenvalue weighted by Crippen LogP contribution is 1.96. The summed E-state index contributed by atoms with van der Waals surface area (Å²) >= 11 is 0. The lowest BCUT2D eigenvalue weighted by Gasteiger charge is -2.05. The number of sulfonamides is 1. The predicted molar refractivity (Wildman–Crippen MR) is 61.6 cm³/mol. The maximum atomic E-state index is 11.6. The lowest BCUT2D eigenvalue weighted by atomic mass is 10.6. The van der Waals surface area contributed by atoms with E-state index in [1.54, 1.807) is 4.98 Å². The SMILES string of the molecule is CC(=O)NCCNS(=O)(=O)c1c[nH]c(=O)[nH]c1=O. The second-order valence-corrected chi connectivity index (χ2v) is 5.05. The number of hydrogen-bond donors (Lipinski definition) is 4. The van der Waals surface area contributed by atoms with E-state index < -0.39 is 26.2 Å². The summed E-state index contributed by atoms with van der Waals surface area (Å²) in [5.74, 6) is -0.295. The zero-order valence-corrected chi connectivity index (χ0v) is 10.3. The maximum Gasteiger partial charge on any atom is 0.325 e. The van der Waals surface area contributed by atoms with E-state index >= 15 is 0 Å². The predicted octanol–water partition coefficient (Wildman–Crippen LogP) is -2.52. The van der Waals surface area contributed by atoms with Gasteiger partial charge in [0.05, 0.1) is 0 Å². The molecule has 9 nitrogen and oxygen atoms in total. The minimum atomic E-state index is -4.02. The Morgan fingerprint density at radius 2 is 2.00 bits per heavy atom. The molecule has 1 aromatic heterocycles. The van der Waals surface area contributed by atoms with Gasteiger partial charge in [-0.2, -0.15) is 0 Å². The number of rotatable bonds is 5. The van der Waals surface area contributed by atoms with Crippen molar-refractivity contribution in [2.75, 3.05) is 13.1 Å². The summed E-state index contributed by atoms with van der Waals surface area (Å²) in [6.07, 6.45) is 0.807. The highest BCUT2D eigenvalue weighted by atomic mass is 32.2. The first-order valence-corrected chi connectivity index (χ1v) is 6.37. The van der Waals surface area contributed by atoms with Gasteiger partial charge in [0.25, 0.3) is 5.56 Å². The molecule has 10 heteroatoms. The normalized spacial score (nSPS) is 11.2. The third-order valence-electron chi connectivity index (χ3n) is 1.87. The molecule has 0 fully saturated rings. The van der Waals surface area contributed by atoms with Gasteiger partial charge in [-0.3, -0.25) is 14.6 Å². The number of carbonyl (C=O) groups excluding carboxylic acids is 1. The van der Waals surface area contributed by atoms with Gasteiger partial charge in [-0.1, -0.05) is 0 Å². The summed E-state index contributed by atoms with van der Waals surface area (Å²) < 4.78 is 25.4. The standard InChI is InChI=1S/C8H12N4O5S/c1-5(13)9-2-3-11-18(16,17)6-4-10-8(15)12-7(6)14/h4,11H,2-3H2,1H3,(H,9,13)(H2,10,12,14,15). The molecule has 100 valence electrons. The fraction of sp³-hybridized carbons (Fsp3) is 0.375. The van der Waals surface area contributed by atoms with Gasteiger partial charge in [0.1, 0.15) is 0 Å². The fourth-order valence-electron chi connectivity index (χ4n) is 1.10. The summed E-state index contributed by atoms with van der Waals surface area (Å²) in [6.45, 7) is 1.32. The molecule has 0 radical (unpaired) electrons. The summed E-state index contributed by atoms with van der Waals surface area (Å²) in [5.41, 5.74) is -1.80. The van der Waals surface area contributed by atoms with Gasteiger partial charge >= 0.3 is 5.69 Å². The molecule has 1 rings (SSSR count). The Balaban J connectivity index is 2.78. The van der Waals surface area contributed by atoms with E-state index in [1.165, 1.54) is 6.92 Å². The Labute approximate surface area is 102 Å². The number of H-pyrrole nitrogens is 2. The van der Waals surface area contributed by atoms with E-state index in [-0.39, 0.29) is 19.0 Å². The quantitative estimate of drug-likeness (QED) is 0.439. The zero-order valence-electron chi connectivity index (χ0n) is 9.44. The fourth-order valence-corrected chi connectivity index (χ4v) is 2.13. The number of aromatic amines is 2. The van der Waals surface area contributed by atoms with E-state index in [0.717, 1.165) is 6.20 Å². The van der Waals surface area contributed by atoms with Crippen molar-refractivity contribution in [2.45, 2.75) is 11.8 Å². The van der Waals surface area contributed by atoms with Crippen molar-refractivity contribution >= 4 is 15.9 Å². The van der Waals surface area contributed by atoms with Crippen LogP contribution in [0.5, 0.6) is 0 Å². The Kier molecular flexibility index (Phi) is 4.39. The summed E-state index contributed by atoms with van der Waals surface area (Å²) in [4.78, 5) is 35.8. The van der Waals surface area contributed by atoms with E-state index in [9.17, 15) is 22.8 Å². The molecule has 18 heavy (non-hydrogen) atoms. The molecule has 0 aromatic carbocycles. The van der Waals surface area contributed by atoms with Gasteiger partial charge in [-0.15, -0.1) is 0 Å². The maximum absolute atomic E-state index is 11.6. The zero-order chi connectivity index (χ0) is 13.8. The second kappa shape index (κ2) is 5.60. The van der Waals surface area contributed by atoms with Crippen molar-refractivity contribution in [1.29, 1.82) is 0 Å². The monoisotopic (exact) mass is 276 g/mol. The lowest BCUT2D eigenvalue weighted by molar-refractivity contribution is -0.118. The molecule has 0 atom stereocenters. The molecule has 0 saturated heterocycles. The van der Waals surface area contributed by atoms with Gasteiger partial charge in [0.15, 0.2) is 4.90 Å². The third kappa shape index (κ3) is 3.82. The van der Waals surface area contributed by atoms with Gasteiger partial charge in [0, 0.05) is 26.2 Å². The van der Waals surface area contributed by atoms with E-state index in [4.69, 9.17) is 0 Å². The van der Waals surface area contributed by atoms with Crippen LogP contribution in [0.2, 0.25) is 0 Å². The third-order valence-corrected chi connectivity index (χ3v) is 3.33. The first-order valence-electron chi connectivity index (χ1n) is 4.89. The smallest absolute Gasteiger partial charge is 0.325 e. The molecule has 0 aliphatic rings. The Morgan fingerprint density at radius 1 is 1.33 bits per heavy atom. The van der Waals surface area contributed by atoms with E-state index in [2.05, 4.69) is 15.0 Å². The molecule has 4 N–H and O–H groups in total. The van der Waals surface area contributed by atoms with Crippen LogP contribution in [0.15, 0.2) is 20.7 Å². The lowest BCUT2D eigenvalue weighted by Crippen LogP contribution is -2.37. The highest BCUT2D eigenvalue weighted by Gasteiger charge is 2.17. The molecular formula is C8H12N4O5S. The van der Waals surface area contributed by atoms with Gasteiger partial charge < -0.3 is 10.3 Å². The van der Waals surface area contributed by atoms with Crippen LogP contribution in [0.1, 0.15) is 6.92 Å². The van der Waals surface area contributed by atoms with Crippen molar-refractivity contribution in [2.24, 2.45) is 0 Å². The first kappa shape index (κ1) is 14.1. The van der Waals surface area contributed by atoms with Crippen LogP contribution in [0, 0.1) is 0 Å². The van der Waals surface area contributed by atoms with Crippen molar-refractivity contribution in [3.63, 3.8) is 0 Å². The minimum Gasteiger partial charge on any atom is -0.355 e. The van der Waals surface area contributed by atoms with Crippen LogP contribution in [-0.4, -0.2) is 37.4 Å². The molecule has 1 amide bonds. The molecule has 0 bridgehead atoms.